The van der Waals surface area contributed by atoms with E-state index in [0.717, 1.165) is 0 Å². The molecule has 0 fully saturated rings. The van der Waals surface area contributed by atoms with Gasteiger partial charge in [0.05, 0.1) is 0 Å². The van der Waals surface area contributed by atoms with Gasteiger partial charge in [0.1, 0.15) is 0 Å². The molecule has 10 heavy (non-hydrogen) atoms. The number of rotatable bonds is 1. The van der Waals surface area contributed by atoms with Crippen molar-refractivity contribution in [3.63, 3.8) is 0 Å². The number of aromatic nitrogens is 2. The molecular weight excluding hydrogens is 135 g/mol. The Bertz CT molecular complexity index is 226. The van der Waals surface area contributed by atoms with Crippen LogP contribution in [0, 0.1) is 6.92 Å². The van der Waals surface area contributed by atoms with Crippen molar-refractivity contribution in [2.24, 2.45) is 0 Å². The molecule has 0 aliphatic carbocycles. The molecule has 0 N–H and O–H groups in total. The van der Waals surface area contributed by atoms with E-state index in [1.165, 1.54) is 13.8 Å². The topological polar surface area (TPSA) is 38.9 Å². The molecule has 0 saturated heterocycles. The van der Waals surface area contributed by atoms with Gasteiger partial charge >= 0.3 is 0 Å². The standard InChI is InChI=1S/C6H9FN2O/c1-4-8-5(10-9-4)6(2,3)7/h1-3H3. The maximum Gasteiger partial charge on any atom is 0.263 e. The zero-order valence-electron chi connectivity index (χ0n) is 6.18. The normalized spacial score (nSPS) is 12.0. The summed E-state index contributed by atoms with van der Waals surface area (Å²) >= 11 is 0. The van der Waals surface area contributed by atoms with E-state index in [0.29, 0.717) is 5.82 Å². The second-order valence-corrected chi connectivity index (χ2v) is 2.62. The summed E-state index contributed by atoms with van der Waals surface area (Å²) in [5.41, 5.74) is -1.53. The minimum atomic E-state index is -1.53. The van der Waals surface area contributed by atoms with Crippen LogP contribution in [0.3, 0.4) is 0 Å². The first-order valence-corrected chi connectivity index (χ1v) is 3.00. The van der Waals surface area contributed by atoms with Crippen LogP contribution in [0.1, 0.15) is 25.6 Å². The van der Waals surface area contributed by atoms with Crippen molar-refractivity contribution in [2.75, 3.05) is 0 Å². The Kier molecular flexibility index (Phi) is 1.46. The fourth-order valence-corrected chi connectivity index (χ4v) is 0.539. The molecule has 0 aliphatic heterocycles. The second kappa shape index (κ2) is 2.04. The predicted molar refractivity (Wildman–Crippen MR) is 33.2 cm³/mol. The molecule has 0 amide bonds. The first-order chi connectivity index (χ1) is 4.50. The van der Waals surface area contributed by atoms with E-state index in [-0.39, 0.29) is 5.89 Å². The summed E-state index contributed by atoms with van der Waals surface area (Å²) in [5, 5.41) is 3.46. The Labute approximate surface area is 58.2 Å². The van der Waals surface area contributed by atoms with Crippen LogP contribution >= 0.6 is 0 Å². The van der Waals surface area contributed by atoms with E-state index in [4.69, 9.17) is 0 Å². The Hall–Kier alpha value is -0.930. The quantitative estimate of drug-likeness (QED) is 0.600. The smallest absolute Gasteiger partial charge is 0.263 e. The molecule has 1 aromatic heterocycles. The van der Waals surface area contributed by atoms with E-state index < -0.39 is 5.67 Å². The monoisotopic (exact) mass is 144 g/mol. The highest BCUT2D eigenvalue weighted by molar-refractivity contribution is 4.92. The van der Waals surface area contributed by atoms with Crippen molar-refractivity contribution in [2.45, 2.75) is 26.4 Å². The number of nitrogens with zero attached hydrogens (tertiary/aromatic N) is 2. The van der Waals surface area contributed by atoms with E-state index >= 15 is 0 Å². The highest BCUT2D eigenvalue weighted by atomic mass is 19.1. The average Bonchev–Trinajstić information content (AvgIpc) is 2.11. The maximum absolute atomic E-state index is 12.9. The van der Waals surface area contributed by atoms with Gasteiger partial charge in [0.25, 0.3) is 5.89 Å². The third-order valence-electron chi connectivity index (χ3n) is 1.04. The molecule has 0 aliphatic rings. The fourth-order valence-electron chi connectivity index (χ4n) is 0.539. The van der Waals surface area contributed by atoms with Gasteiger partial charge in [-0.2, -0.15) is 4.98 Å². The van der Waals surface area contributed by atoms with Gasteiger partial charge in [-0.1, -0.05) is 5.16 Å². The molecule has 0 unspecified atom stereocenters. The summed E-state index contributed by atoms with van der Waals surface area (Å²) in [6.45, 7) is 4.40. The largest absolute Gasteiger partial charge is 0.336 e. The average molecular weight is 144 g/mol. The Morgan fingerprint density at radius 1 is 1.50 bits per heavy atom. The van der Waals surface area contributed by atoms with Gasteiger partial charge in [-0.05, 0) is 20.8 Å². The third kappa shape index (κ3) is 1.32. The van der Waals surface area contributed by atoms with Gasteiger partial charge in [-0.3, -0.25) is 0 Å². The Morgan fingerprint density at radius 3 is 2.30 bits per heavy atom. The van der Waals surface area contributed by atoms with E-state index in [2.05, 4.69) is 14.7 Å². The van der Waals surface area contributed by atoms with E-state index in [1.54, 1.807) is 6.92 Å². The molecule has 0 bridgehead atoms. The summed E-state index contributed by atoms with van der Waals surface area (Å²) in [5.74, 6) is 0.491. The molecule has 0 atom stereocenters. The van der Waals surface area contributed by atoms with Crippen molar-refractivity contribution >= 4 is 0 Å². The number of aryl methyl sites for hydroxylation is 1. The molecule has 4 heteroatoms. The van der Waals surface area contributed by atoms with E-state index in [9.17, 15) is 4.39 Å². The lowest BCUT2D eigenvalue weighted by atomic mass is 10.2. The zero-order chi connectivity index (χ0) is 7.78. The third-order valence-corrected chi connectivity index (χ3v) is 1.04. The van der Waals surface area contributed by atoms with Crippen LogP contribution in [-0.2, 0) is 5.67 Å². The van der Waals surface area contributed by atoms with Gasteiger partial charge in [-0.25, -0.2) is 4.39 Å². The molecule has 3 nitrogen and oxygen atoms in total. The highest BCUT2D eigenvalue weighted by Gasteiger charge is 2.25. The lowest BCUT2D eigenvalue weighted by molar-refractivity contribution is 0.155. The second-order valence-electron chi connectivity index (χ2n) is 2.62. The molecule has 1 heterocycles. The zero-order valence-corrected chi connectivity index (χ0v) is 6.18. The van der Waals surface area contributed by atoms with E-state index in [1.807, 2.05) is 0 Å². The summed E-state index contributed by atoms with van der Waals surface area (Å²) in [6.07, 6.45) is 0. The molecule has 0 radical (unpaired) electrons. The van der Waals surface area contributed by atoms with Crippen molar-refractivity contribution in [1.29, 1.82) is 0 Å². The fraction of sp³-hybridized carbons (Fsp3) is 0.667. The SMILES string of the molecule is Cc1noc(C(C)(C)F)n1. The Morgan fingerprint density at radius 2 is 2.10 bits per heavy atom. The highest BCUT2D eigenvalue weighted by Crippen LogP contribution is 2.21. The van der Waals surface area contributed by atoms with Gasteiger partial charge < -0.3 is 4.52 Å². The van der Waals surface area contributed by atoms with Crippen LogP contribution in [0.15, 0.2) is 4.52 Å². The molecule has 1 aromatic rings. The van der Waals surface area contributed by atoms with Crippen LogP contribution in [0.25, 0.3) is 0 Å². The van der Waals surface area contributed by atoms with Crippen LogP contribution in [0.2, 0.25) is 0 Å². The van der Waals surface area contributed by atoms with Gasteiger partial charge in [0, 0.05) is 0 Å². The molecule has 0 spiro atoms. The van der Waals surface area contributed by atoms with Gasteiger partial charge in [0.2, 0.25) is 0 Å². The predicted octanol–water partition coefficient (Wildman–Crippen LogP) is 1.58. The maximum atomic E-state index is 12.9. The lowest BCUT2D eigenvalue weighted by Gasteiger charge is -2.05. The molecule has 1 rings (SSSR count). The molecule has 56 valence electrons. The summed E-state index contributed by atoms with van der Waals surface area (Å²) in [6, 6.07) is 0. The van der Waals surface area contributed by atoms with Crippen molar-refractivity contribution < 1.29 is 8.91 Å². The van der Waals surface area contributed by atoms with Crippen LogP contribution in [0.4, 0.5) is 4.39 Å². The minimum Gasteiger partial charge on any atom is -0.336 e. The van der Waals surface area contributed by atoms with Crippen molar-refractivity contribution in [3.05, 3.63) is 11.7 Å². The lowest BCUT2D eigenvalue weighted by Crippen LogP contribution is -2.09. The number of halogens is 1. The van der Waals surface area contributed by atoms with Crippen LogP contribution in [0.5, 0.6) is 0 Å². The molecule has 0 saturated carbocycles. The summed E-state index contributed by atoms with van der Waals surface area (Å²) in [7, 11) is 0. The number of alkyl halides is 1. The van der Waals surface area contributed by atoms with Crippen molar-refractivity contribution in [3.8, 4) is 0 Å². The van der Waals surface area contributed by atoms with Crippen LogP contribution in [-0.4, -0.2) is 10.1 Å². The summed E-state index contributed by atoms with van der Waals surface area (Å²) in [4.78, 5) is 3.73. The van der Waals surface area contributed by atoms with Crippen molar-refractivity contribution in [1.82, 2.24) is 10.1 Å². The molecular formula is C6H9FN2O. The first kappa shape index (κ1) is 7.18. The van der Waals surface area contributed by atoms with Crippen LogP contribution < -0.4 is 0 Å². The number of hydrogen-bond acceptors (Lipinski definition) is 3. The van der Waals surface area contributed by atoms with Gasteiger partial charge in [-0.15, -0.1) is 0 Å². The number of hydrogen-bond donors (Lipinski definition) is 0. The first-order valence-electron chi connectivity index (χ1n) is 3.00. The Balaban J connectivity index is 2.96. The van der Waals surface area contributed by atoms with Gasteiger partial charge in [0.15, 0.2) is 11.5 Å². The minimum absolute atomic E-state index is 0.0324. The molecule has 0 aromatic carbocycles. The summed E-state index contributed by atoms with van der Waals surface area (Å²) < 4.78 is 17.5.